The number of nitrogens with zero attached hydrogens (tertiary/aromatic N) is 1. The Morgan fingerprint density at radius 3 is 2.48 bits per heavy atom. The van der Waals surface area contributed by atoms with Crippen molar-refractivity contribution in [2.75, 3.05) is 10.5 Å². The highest BCUT2D eigenvalue weighted by molar-refractivity contribution is 7.92. The molecule has 0 saturated heterocycles. The summed E-state index contributed by atoms with van der Waals surface area (Å²) < 4.78 is 27.0. The Morgan fingerprint density at radius 1 is 1.19 bits per heavy atom. The largest absolute Gasteiger partial charge is 0.399 e. The van der Waals surface area contributed by atoms with Crippen molar-refractivity contribution < 1.29 is 8.42 Å². The lowest BCUT2D eigenvalue weighted by Crippen LogP contribution is -2.13. The van der Waals surface area contributed by atoms with Crippen LogP contribution in [0.3, 0.4) is 0 Å². The second kappa shape index (κ2) is 6.04. The summed E-state index contributed by atoms with van der Waals surface area (Å²) in [6.07, 6.45) is 0.272. The van der Waals surface area contributed by atoms with E-state index in [1.807, 2.05) is 6.07 Å². The standard InChI is InChI=1S/C14H12ClN3O2S/c15-13-6-3-11(17)9-14(13)21(19,20)18-12-4-1-10(2-5-12)7-8-16/h1-6,9,18H,7,17H2. The van der Waals surface area contributed by atoms with Crippen LogP contribution in [0.5, 0.6) is 0 Å². The highest BCUT2D eigenvalue weighted by atomic mass is 35.5. The molecule has 2 rings (SSSR count). The molecule has 0 bridgehead atoms. The van der Waals surface area contributed by atoms with Crippen molar-refractivity contribution in [3.8, 4) is 6.07 Å². The second-order valence-corrected chi connectivity index (χ2v) is 6.39. The molecule has 0 spiro atoms. The van der Waals surface area contributed by atoms with E-state index in [1.54, 1.807) is 24.3 Å². The maximum atomic E-state index is 12.3. The van der Waals surface area contributed by atoms with Crippen LogP contribution < -0.4 is 10.5 Å². The molecule has 0 amide bonds. The van der Waals surface area contributed by atoms with Crippen LogP contribution in [0.25, 0.3) is 0 Å². The summed E-state index contributed by atoms with van der Waals surface area (Å²) in [4.78, 5) is -0.0785. The zero-order valence-corrected chi connectivity index (χ0v) is 12.4. The van der Waals surface area contributed by atoms with E-state index in [1.165, 1.54) is 18.2 Å². The first-order valence-electron chi connectivity index (χ1n) is 5.96. The fraction of sp³-hybridized carbons (Fsp3) is 0.0714. The van der Waals surface area contributed by atoms with Crippen LogP contribution in [0.15, 0.2) is 47.4 Å². The molecular formula is C14H12ClN3O2S. The van der Waals surface area contributed by atoms with Crippen LogP contribution in [0.4, 0.5) is 11.4 Å². The van der Waals surface area contributed by atoms with Crippen LogP contribution in [0.2, 0.25) is 5.02 Å². The van der Waals surface area contributed by atoms with Crippen LogP contribution in [-0.4, -0.2) is 8.42 Å². The third kappa shape index (κ3) is 3.66. The van der Waals surface area contributed by atoms with Gasteiger partial charge in [-0.05, 0) is 35.9 Å². The lowest BCUT2D eigenvalue weighted by molar-refractivity contribution is 0.601. The number of hydrogen-bond acceptors (Lipinski definition) is 4. The lowest BCUT2D eigenvalue weighted by Gasteiger charge is -2.10. The van der Waals surface area contributed by atoms with Gasteiger partial charge >= 0.3 is 0 Å². The van der Waals surface area contributed by atoms with Gasteiger partial charge < -0.3 is 5.73 Å². The molecule has 0 aliphatic rings. The first-order valence-corrected chi connectivity index (χ1v) is 7.82. The molecule has 0 radical (unpaired) electrons. The summed E-state index contributed by atoms with van der Waals surface area (Å²) in [5, 5.41) is 8.69. The topological polar surface area (TPSA) is 96.0 Å². The molecule has 0 aliphatic carbocycles. The Labute approximate surface area is 128 Å². The van der Waals surface area contributed by atoms with E-state index >= 15 is 0 Å². The van der Waals surface area contributed by atoms with Crippen molar-refractivity contribution in [1.29, 1.82) is 5.26 Å². The number of nitrogen functional groups attached to an aromatic ring is 1. The number of sulfonamides is 1. The maximum absolute atomic E-state index is 12.3. The SMILES string of the molecule is N#CCc1ccc(NS(=O)(=O)c2cc(N)ccc2Cl)cc1. The summed E-state index contributed by atoms with van der Waals surface area (Å²) in [5.41, 5.74) is 7.09. The van der Waals surface area contributed by atoms with Gasteiger partial charge in [0.05, 0.1) is 17.5 Å². The van der Waals surface area contributed by atoms with Gasteiger partial charge in [-0.1, -0.05) is 23.7 Å². The van der Waals surface area contributed by atoms with E-state index in [4.69, 9.17) is 22.6 Å². The van der Waals surface area contributed by atoms with Crippen LogP contribution in [0, 0.1) is 11.3 Å². The molecule has 0 heterocycles. The maximum Gasteiger partial charge on any atom is 0.263 e. The minimum absolute atomic E-state index is 0.0785. The molecule has 3 N–H and O–H groups in total. The van der Waals surface area contributed by atoms with Gasteiger partial charge in [0.15, 0.2) is 0 Å². The van der Waals surface area contributed by atoms with E-state index < -0.39 is 10.0 Å². The smallest absolute Gasteiger partial charge is 0.263 e. The van der Waals surface area contributed by atoms with E-state index in [-0.39, 0.29) is 16.3 Å². The number of nitrogens with one attached hydrogen (secondary N) is 1. The summed E-state index contributed by atoms with van der Waals surface area (Å²) in [6.45, 7) is 0. The number of anilines is 2. The van der Waals surface area contributed by atoms with E-state index in [0.717, 1.165) is 5.56 Å². The lowest BCUT2D eigenvalue weighted by atomic mass is 10.1. The third-order valence-corrected chi connectivity index (χ3v) is 4.60. The van der Waals surface area contributed by atoms with Gasteiger partial charge in [0.1, 0.15) is 4.90 Å². The van der Waals surface area contributed by atoms with Gasteiger partial charge in [0.25, 0.3) is 10.0 Å². The van der Waals surface area contributed by atoms with Gasteiger partial charge in [-0.3, -0.25) is 4.72 Å². The molecule has 21 heavy (non-hydrogen) atoms. The fourth-order valence-electron chi connectivity index (χ4n) is 1.72. The zero-order chi connectivity index (χ0) is 15.5. The number of nitriles is 1. The Bertz CT molecular complexity index is 796. The molecule has 2 aromatic carbocycles. The van der Waals surface area contributed by atoms with Gasteiger partial charge in [0, 0.05) is 11.4 Å². The monoisotopic (exact) mass is 321 g/mol. The predicted octanol–water partition coefficient (Wildman–Crippen LogP) is 2.79. The first-order chi connectivity index (χ1) is 9.92. The molecule has 7 heteroatoms. The minimum atomic E-state index is -3.82. The highest BCUT2D eigenvalue weighted by Crippen LogP contribution is 2.25. The second-order valence-electron chi connectivity index (χ2n) is 4.33. The average molecular weight is 322 g/mol. The number of nitrogens with two attached hydrogens (primary N) is 1. The molecule has 0 fully saturated rings. The van der Waals surface area contributed by atoms with E-state index in [9.17, 15) is 8.42 Å². The first kappa shape index (κ1) is 15.2. The number of rotatable bonds is 4. The molecule has 0 saturated carbocycles. The zero-order valence-electron chi connectivity index (χ0n) is 10.9. The Morgan fingerprint density at radius 2 is 1.86 bits per heavy atom. The van der Waals surface area contributed by atoms with Crippen molar-refractivity contribution in [1.82, 2.24) is 0 Å². The molecule has 0 atom stereocenters. The van der Waals surface area contributed by atoms with Gasteiger partial charge in [0.2, 0.25) is 0 Å². The summed E-state index contributed by atoms with van der Waals surface area (Å²) in [6, 6.07) is 12.8. The number of hydrogen-bond donors (Lipinski definition) is 2. The van der Waals surface area contributed by atoms with Crippen molar-refractivity contribution in [3.63, 3.8) is 0 Å². The molecule has 2 aromatic rings. The number of benzene rings is 2. The predicted molar refractivity (Wildman–Crippen MR) is 82.4 cm³/mol. The van der Waals surface area contributed by atoms with Crippen molar-refractivity contribution in [3.05, 3.63) is 53.1 Å². The quantitative estimate of drug-likeness (QED) is 0.846. The Hall–Kier alpha value is -2.23. The molecule has 108 valence electrons. The normalized spacial score (nSPS) is 10.9. The van der Waals surface area contributed by atoms with Crippen LogP contribution in [-0.2, 0) is 16.4 Å². The van der Waals surface area contributed by atoms with Crippen LogP contribution >= 0.6 is 11.6 Å². The molecule has 0 unspecified atom stereocenters. The number of halogens is 1. The average Bonchev–Trinajstić information content (AvgIpc) is 2.43. The summed E-state index contributed by atoms with van der Waals surface area (Å²) >= 11 is 5.90. The Balaban J connectivity index is 2.29. The molecular weight excluding hydrogens is 310 g/mol. The van der Waals surface area contributed by atoms with E-state index in [0.29, 0.717) is 11.4 Å². The highest BCUT2D eigenvalue weighted by Gasteiger charge is 2.18. The molecule has 0 aliphatic heterocycles. The summed E-state index contributed by atoms with van der Waals surface area (Å²) in [5.74, 6) is 0. The van der Waals surface area contributed by atoms with Gasteiger partial charge in [-0.25, -0.2) is 8.42 Å². The Kier molecular flexibility index (Phi) is 4.36. The summed E-state index contributed by atoms with van der Waals surface area (Å²) in [7, 11) is -3.82. The van der Waals surface area contributed by atoms with Crippen molar-refractivity contribution in [2.45, 2.75) is 11.3 Å². The molecule has 5 nitrogen and oxygen atoms in total. The van der Waals surface area contributed by atoms with Gasteiger partial charge in [-0.15, -0.1) is 0 Å². The fourth-order valence-corrected chi connectivity index (χ4v) is 3.31. The van der Waals surface area contributed by atoms with Crippen molar-refractivity contribution >= 4 is 33.0 Å². The van der Waals surface area contributed by atoms with E-state index in [2.05, 4.69) is 4.72 Å². The molecule has 0 aromatic heterocycles. The third-order valence-electron chi connectivity index (χ3n) is 2.73. The van der Waals surface area contributed by atoms with Gasteiger partial charge in [-0.2, -0.15) is 5.26 Å². The van der Waals surface area contributed by atoms with Crippen LogP contribution in [0.1, 0.15) is 5.56 Å². The minimum Gasteiger partial charge on any atom is -0.399 e. The van der Waals surface area contributed by atoms with Crippen molar-refractivity contribution in [2.24, 2.45) is 0 Å².